The molecule has 10 nitrogen and oxygen atoms in total. The summed E-state index contributed by atoms with van der Waals surface area (Å²) in [5.74, 6) is -1.05. The predicted molar refractivity (Wildman–Crippen MR) is 88.3 cm³/mol. The first kappa shape index (κ1) is 17.7. The Labute approximate surface area is 143 Å². The predicted octanol–water partition coefficient (Wildman–Crippen LogP) is 0.723. The smallest absolute Gasteiger partial charge is 0.413 e. The van der Waals surface area contributed by atoms with Gasteiger partial charge in [-0.15, -0.1) is 0 Å². The van der Waals surface area contributed by atoms with Crippen molar-refractivity contribution in [3.8, 4) is 0 Å². The van der Waals surface area contributed by atoms with Crippen molar-refractivity contribution in [2.24, 2.45) is 0 Å². The molecule has 0 radical (unpaired) electrons. The van der Waals surface area contributed by atoms with Gasteiger partial charge in [-0.2, -0.15) is 0 Å². The summed E-state index contributed by atoms with van der Waals surface area (Å²) < 4.78 is 4.59. The molecule has 2 heterocycles. The first-order valence-electron chi connectivity index (χ1n) is 7.34. The fourth-order valence-electron chi connectivity index (χ4n) is 2.19. The molecule has 1 aromatic heterocycles. The number of nitrogens with one attached hydrogen (secondary N) is 3. The first-order chi connectivity index (χ1) is 11.4. The van der Waals surface area contributed by atoms with Crippen molar-refractivity contribution in [1.82, 2.24) is 20.6 Å². The Morgan fingerprint density at radius 1 is 1.33 bits per heavy atom. The van der Waals surface area contributed by atoms with Gasteiger partial charge in [-0.05, 0) is 19.8 Å². The lowest BCUT2D eigenvalue weighted by Crippen LogP contribution is -2.43. The molecule has 0 aliphatic carbocycles. The van der Waals surface area contributed by atoms with Crippen LogP contribution in [0.25, 0.3) is 0 Å². The number of alkyl carbamates (subject to hydrolysis) is 1. The molecule has 0 spiro atoms. The average Bonchev–Trinajstić information content (AvgIpc) is 3.03. The second-order valence-electron chi connectivity index (χ2n) is 4.94. The van der Waals surface area contributed by atoms with E-state index in [-0.39, 0.29) is 23.3 Å². The third-order valence-corrected chi connectivity index (χ3v) is 3.48. The Morgan fingerprint density at radius 3 is 2.62 bits per heavy atom. The van der Waals surface area contributed by atoms with Crippen LogP contribution >= 0.6 is 11.6 Å². The maximum absolute atomic E-state index is 12.1. The number of carbonyl (C=O) groups excluding carboxylic acids is 2. The third-order valence-electron chi connectivity index (χ3n) is 3.23. The molecule has 0 unspecified atom stereocenters. The van der Waals surface area contributed by atoms with E-state index in [0.29, 0.717) is 5.82 Å². The van der Waals surface area contributed by atoms with Crippen LogP contribution in [0, 0.1) is 5.41 Å². The fourth-order valence-corrected chi connectivity index (χ4v) is 2.44. The molecule has 1 aliphatic rings. The molecule has 2 amide bonds. The van der Waals surface area contributed by atoms with Gasteiger partial charge < -0.3 is 15.4 Å². The molecule has 1 fully saturated rings. The molecular formula is C13H18ClN7O3. The lowest BCUT2D eigenvalue weighted by molar-refractivity contribution is 0.0971. The zero-order valence-electron chi connectivity index (χ0n) is 13.1. The van der Waals surface area contributed by atoms with Gasteiger partial charge in [0.25, 0.3) is 5.91 Å². The van der Waals surface area contributed by atoms with Crippen molar-refractivity contribution < 1.29 is 14.3 Å². The summed E-state index contributed by atoms with van der Waals surface area (Å²) in [7, 11) is 0. The standard InChI is InChI=1S/C13H18ClN7O3/c1-2-24-13(23)20-12(16)19-11(22)7-9(15)18-10(8(14)17-7)21-5-3-4-6-21/h2-6H2,1H3,(H2,15,18)(H3,16,19,20,22,23). The van der Waals surface area contributed by atoms with Gasteiger partial charge >= 0.3 is 6.09 Å². The monoisotopic (exact) mass is 355 g/mol. The van der Waals surface area contributed by atoms with Crippen LogP contribution in [0.3, 0.4) is 0 Å². The molecule has 1 aromatic rings. The summed E-state index contributed by atoms with van der Waals surface area (Å²) in [6.45, 7) is 3.35. The highest BCUT2D eigenvalue weighted by atomic mass is 35.5. The van der Waals surface area contributed by atoms with Crippen LogP contribution in [0.1, 0.15) is 30.3 Å². The molecule has 5 N–H and O–H groups in total. The van der Waals surface area contributed by atoms with E-state index in [0.717, 1.165) is 25.9 Å². The summed E-state index contributed by atoms with van der Waals surface area (Å²) in [6.07, 6.45) is 1.19. The minimum atomic E-state index is -0.857. The van der Waals surface area contributed by atoms with Gasteiger partial charge in [-0.1, -0.05) is 11.6 Å². The van der Waals surface area contributed by atoms with E-state index in [9.17, 15) is 9.59 Å². The highest BCUT2D eigenvalue weighted by Crippen LogP contribution is 2.27. The summed E-state index contributed by atoms with van der Waals surface area (Å²) in [5, 5.41) is 11.7. The average molecular weight is 356 g/mol. The van der Waals surface area contributed by atoms with Crippen LogP contribution in [0.4, 0.5) is 16.4 Å². The van der Waals surface area contributed by atoms with Gasteiger partial charge in [0.05, 0.1) is 6.61 Å². The first-order valence-corrected chi connectivity index (χ1v) is 7.71. The molecule has 24 heavy (non-hydrogen) atoms. The third kappa shape index (κ3) is 4.22. The Kier molecular flexibility index (Phi) is 5.74. The van der Waals surface area contributed by atoms with Crippen LogP contribution < -0.4 is 21.3 Å². The maximum atomic E-state index is 12.1. The van der Waals surface area contributed by atoms with Gasteiger partial charge in [0.1, 0.15) is 0 Å². The van der Waals surface area contributed by atoms with Crippen molar-refractivity contribution in [3.05, 3.63) is 10.8 Å². The van der Waals surface area contributed by atoms with Crippen LogP contribution in [0.15, 0.2) is 0 Å². The van der Waals surface area contributed by atoms with E-state index in [4.69, 9.17) is 22.7 Å². The molecule has 0 atom stereocenters. The zero-order chi connectivity index (χ0) is 17.7. The number of carbonyl (C=O) groups is 2. The second-order valence-corrected chi connectivity index (χ2v) is 5.30. The molecular weight excluding hydrogens is 338 g/mol. The minimum Gasteiger partial charge on any atom is -0.450 e. The van der Waals surface area contributed by atoms with Gasteiger partial charge in [-0.25, -0.2) is 14.8 Å². The van der Waals surface area contributed by atoms with E-state index in [1.165, 1.54) is 0 Å². The Bertz CT molecular complexity index is 661. The number of amides is 2. The highest BCUT2D eigenvalue weighted by Gasteiger charge is 2.23. The van der Waals surface area contributed by atoms with Crippen LogP contribution in [0.2, 0.25) is 5.15 Å². The number of nitrogen functional groups attached to an aromatic ring is 1. The molecule has 0 bridgehead atoms. The molecule has 0 saturated carbocycles. The van der Waals surface area contributed by atoms with E-state index >= 15 is 0 Å². The van der Waals surface area contributed by atoms with Crippen LogP contribution in [-0.2, 0) is 4.74 Å². The minimum absolute atomic E-state index is 0.0566. The zero-order valence-corrected chi connectivity index (χ0v) is 13.8. The lowest BCUT2D eigenvalue weighted by atomic mass is 10.3. The van der Waals surface area contributed by atoms with Crippen LogP contribution in [0.5, 0.6) is 0 Å². The van der Waals surface area contributed by atoms with Crippen molar-refractivity contribution in [3.63, 3.8) is 0 Å². The summed E-state index contributed by atoms with van der Waals surface area (Å²) >= 11 is 6.09. The Balaban J connectivity index is 2.08. The van der Waals surface area contributed by atoms with E-state index < -0.39 is 18.0 Å². The van der Waals surface area contributed by atoms with Gasteiger partial charge in [0, 0.05) is 13.1 Å². The van der Waals surface area contributed by atoms with Crippen LogP contribution in [-0.4, -0.2) is 47.6 Å². The lowest BCUT2D eigenvalue weighted by Gasteiger charge is -2.18. The van der Waals surface area contributed by atoms with Gasteiger partial charge in [0.2, 0.25) is 5.96 Å². The van der Waals surface area contributed by atoms with Crippen molar-refractivity contribution in [2.75, 3.05) is 30.3 Å². The summed E-state index contributed by atoms with van der Waals surface area (Å²) in [6, 6.07) is 0. The number of hydrogen-bond acceptors (Lipinski definition) is 8. The van der Waals surface area contributed by atoms with Crippen molar-refractivity contribution in [2.45, 2.75) is 19.8 Å². The van der Waals surface area contributed by atoms with Crippen molar-refractivity contribution >= 4 is 41.2 Å². The highest BCUT2D eigenvalue weighted by molar-refractivity contribution is 6.32. The van der Waals surface area contributed by atoms with E-state index in [2.05, 4.69) is 20.0 Å². The number of halogens is 1. The summed E-state index contributed by atoms with van der Waals surface area (Å²) in [4.78, 5) is 33.3. The fraction of sp³-hybridized carbons (Fsp3) is 0.462. The molecule has 0 aromatic carbocycles. The number of guanidine groups is 1. The van der Waals surface area contributed by atoms with Gasteiger partial charge in [-0.3, -0.25) is 20.8 Å². The Morgan fingerprint density at radius 2 is 2.00 bits per heavy atom. The number of rotatable bonds is 3. The molecule has 1 saturated heterocycles. The number of ether oxygens (including phenoxy) is 1. The molecule has 130 valence electrons. The number of aromatic nitrogens is 2. The number of nitrogens with two attached hydrogens (primary N) is 1. The largest absolute Gasteiger partial charge is 0.450 e. The Hall–Kier alpha value is -2.62. The van der Waals surface area contributed by atoms with E-state index in [1.54, 1.807) is 6.92 Å². The number of nitrogens with zero attached hydrogens (tertiary/aromatic N) is 3. The normalized spacial score (nSPS) is 13.5. The molecule has 2 rings (SSSR count). The quantitative estimate of drug-likeness (QED) is 0.461. The summed E-state index contributed by atoms with van der Waals surface area (Å²) in [5.41, 5.74) is 5.56. The second kappa shape index (κ2) is 7.77. The van der Waals surface area contributed by atoms with Crippen molar-refractivity contribution in [1.29, 1.82) is 5.41 Å². The van der Waals surface area contributed by atoms with Gasteiger partial charge in [0.15, 0.2) is 22.5 Å². The number of anilines is 2. The van der Waals surface area contributed by atoms with E-state index in [1.807, 2.05) is 10.2 Å². The molecule has 11 heteroatoms. The SMILES string of the molecule is CCOC(=O)NC(=N)NC(=O)c1nc(Cl)c(N2CCCC2)nc1N. The topological polar surface area (TPSA) is 146 Å². The number of hydrogen-bond donors (Lipinski definition) is 4. The maximum Gasteiger partial charge on any atom is 0.413 e. The molecule has 1 aliphatic heterocycles.